The molecule has 7 heteroatoms. The van der Waals surface area contributed by atoms with Crippen LogP contribution in [0.2, 0.25) is 0 Å². The van der Waals surface area contributed by atoms with Crippen molar-refractivity contribution in [1.82, 2.24) is 0 Å². The van der Waals surface area contributed by atoms with Gasteiger partial charge in [0.2, 0.25) is 5.91 Å². The first kappa shape index (κ1) is 13.8. The minimum atomic E-state index is -4.59. The second-order valence-electron chi connectivity index (χ2n) is 4.66. The Morgan fingerprint density at radius 3 is 2.42 bits per heavy atom. The van der Waals surface area contributed by atoms with Gasteiger partial charge in [-0.05, 0) is 37.5 Å². The fourth-order valence-electron chi connectivity index (χ4n) is 1.83. The molecule has 0 radical (unpaired) electrons. The van der Waals surface area contributed by atoms with Crippen molar-refractivity contribution < 1.29 is 22.4 Å². The molecular formula is C12H12F4N2O. The molecule has 1 aliphatic rings. The van der Waals surface area contributed by atoms with Crippen molar-refractivity contribution in [2.24, 2.45) is 5.73 Å². The summed E-state index contributed by atoms with van der Waals surface area (Å²) in [5, 5.41) is 2.13. The van der Waals surface area contributed by atoms with Crippen molar-refractivity contribution in [3.8, 4) is 0 Å². The van der Waals surface area contributed by atoms with Crippen LogP contribution in [0.15, 0.2) is 18.2 Å². The van der Waals surface area contributed by atoms with E-state index < -0.39 is 34.7 Å². The van der Waals surface area contributed by atoms with Crippen molar-refractivity contribution in [3.05, 3.63) is 29.6 Å². The van der Waals surface area contributed by atoms with Gasteiger partial charge in [0.15, 0.2) is 0 Å². The summed E-state index contributed by atoms with van der Waals surface area (Å²) in [6.45, 7) is 0. The van der Waals surface area contributed by atoms with Crippen LogP contribution in [0.1, 0.15) is 24.8 Å². The predicted molar refractivity (Wildman–Crippen MR) is 60.8 cm³/mol. The summed E-state index contributed by atoms with van der Waals surface area (Å²) in [5.74, 6) is -1.58. The van der Waals surface area contributed by atoms with Gasteiger partial charge in [0.1, 0.15) is 5.82 Å². The SMILES string of the molecule is NC1(C(=O)Nc2cc(C(F)(F)F)ccc2F)CCC1. The van der Waals surface area contributed by atoms with Crippen molar-refractivity contribution in [2.75, 3.05) is 5.32 Å². The zero-order chi connectivity index (χ0) is 14.3. The van der Waals surface area contributed by atoms with E-state index in [2.05, 4.69) is 5.32 Å². The molecule has 0 spiro atoms. The Morgan fingerprint density at radius 2 is 1.95 bits per heavy atom. The van der Waals surface area contributed by atoms with Crippen LogP contribution in [0.5, 0.6) is 0 Å². The number of alkyl halides is 3. The van der Waals surface area contributed by atoms with Crippen LogP contribution in [-0.4, -0.2) is 11.4 Å². The molecule has 1 aromatic rings. The maximum absolute atomic E-state index is 13.4. The van der Waals surface area contributed by atoms with Gasteiger partial charge in [0, 0.05) is 0 Å². The van der Waals surface area contributed by atoms with Gasteiger partial charge in [-0.25, -0.2) is 4.39 Å². The van der Waals surface area contributed by atoms with Gasteiger partial charge < -0.3 is 11.1 Å². The van der Waals surface area contributed by atoms with E-state index in [0.29, 0.717) is 31.0 Å². The largest absolute Gasteiger partial charge is 0.416 e. The van der Waals surface area contributed by atoms with Crippen LogP contribution >= 0.6 is 0 Å². The highest BCUT2D eigenvalue weighted by atomic mass is 19.4. The highest BCUT2D eigenvalue weighted by Gasteiger charge is 2.40. The Hall–Kier alpha value is -1.63. The van der Waals surface area contributed by atoms with E-state index >= 15 is 0 Å². The number of amides is 1. The highest BCUT2D eigenvalue weighted by molar-refractivity contribution is 5.98. The van der Waals surface area contributed by atoms with Crippen LogP contribution in [0, 0.1) is 5.82 Å². The van der Waals surface area contributed by atoms with Crippen molar-refractivity contribution in [2.45, 2.75) is 31.0 Å². The van der Waals surface area contributed by atoms with Crippen LogP contribution < -0.4 is 11.1 Å². The second-order valence-corrected chi connectivity index (χ2v) is 4.66. The summed E-state index contributed by atoms with van der Waals surface area (Å²) in [4.78, 5) is 11.7. The number of halogens is 4. The van der Waals surface area contributed by atoms with Gasteiger partial charge in [-0.2, -0.15) is 13.2 Å². The fourth-order valence-corrected chi connectivity index (χ4v) is 1.83. The number of carbonyl (C=O) groups excluding carboxylic acids is 1. The Morgan fingerprint density at radius 1 is 1.32 bits per heavy atom. The molecule has 0 saturated heterocycles. The molecule has 2 rings (SSSR count). The van der Waals surface area contributed by atoms with E-state index in [9.17, 15) is 22.4 Å². The normalized spacial score (nSPS) is 17.7. The number of hydrogen-bond donors (Lipinski definition) is 2. The Balaban J connectivity index is 2.22. The first-order chi connectivity index (χ1) is 8.72. The zero-order valence-corrected chi connectivity index (χ0v) is 9.85. The maximum Gasteiger partial charge on any atom is 0.416 e. The lowest BCUT2D eigenvalue weighted by atomic mass is 9.77. The predicted octanol–water partition coefficient (Wildman–Crippen LogP) is 2.66. The number of hydrogen-bond acceptors (Lipinski definition) is 2. The van der Waals surface area contributed by atoms with E-state index in [1.165, 1.54) is 0 Å². The van der Waals surface area contributed by atoms with E-state index in [1.54, 1.807) is 0 Å². The lowest BCUT2D eigenvalue weighted by molar-refractivity contribution is -0.137. The van der Waals surface area contributed by atoms with E-state index in [4.69, 9.17) is 5.73 Å². The average Bonchev–Trinajstić information content (AvgIpc) is 2.27. The third-order valence-corrected chi connectivity index (χ3v) is 3.24. The average molecular weight is 276 g/mol. The molecule has 0 atom stereocenters. The first-order valence-electron chi connectivity index (χ1n) is 5.69. The van der Waals surface area contributed by atoms with Gasteiger partial charge >= 0.3 is 6.18 Å². The summed E-state index contributed by atoms with van der Waals surface area (Å²) in [6, 6.07) is 1.85. The number of carbonyl (C=O) groups is 1. The highest BCUT2D eigenvalue weighted by Crippen LogP contribution is 2.33. The Kier molecular flexibility index (Phi) is 3.25. The van der Waals surface area contributed by atoms with Crippen LogP contribution in [-0.2, 0) is 11.0 Å². The molecule has 0 aliphatic heterocycles. The lowest BCUT2D eigenvalue weighted by Gasteiger charge is -2.36. The van der Waals surface area contributed by atoms with Crippen LogP contribution in [0.4, 0.5) is 23.2 Å². The Labute approximate surface area is 106 Å². The summed E-state index contributed by atoms with van der Waals surface area (Å²) in [6.07, 6.45) is -2.93. The van der Waals surface area contributed by atoms with Crippen molar-refractivity contribution >= 4 is 11.6 Å². The van der Waals surface area contributed by atoms with Gasteiger partial charge in [0.25, 0.3) is 0 Å². The van der Waals surface area contributed by atoms with E-state index in [-0.39, 0.29) is 0 Å². The number of nitrogens with one attached hydrogen (secondary N) is 1. The molecular weight excluding hydrogens is 264 g/mol. The number of rotatable bonds is 2. The summed E-state index contributed by atoms with van der Waals surface area (Å²) < 4.78 is 50.9. The standard InChI is InChI=1S/C12H12F4N2O/c13-8-3-2-7(12(14,15)16)6-9(8)18-10(19)11(17)4-1-5-11/h2-3,6H,1,4-5,17H2,(H,18,19). The molecule has 1 saturated carbocycles. The molecule has 0 heterocycles. The molecule has 0 unspecified atom stereocenters. The summed E-state index contributed by atoms with van der Waals surface area (Å²) in [7, 11) is 0. The molecule has 0 bridgehead atoms. The summed E-state index contributed by atoms with van der Waals surface area (Å²) in [5.41, 5.74) is 3.09. The lowest BCUT2D eigenvalue weighted by Crippen LogP contribution is -2.56. The number of benzene rings is 1. The minimum Gasteiger partial charge on any atom is -0.322 e. The van der Waals surface area contributed by atoms with Gasteiger partial charge in [-0.1, -0.05) is 0 Å². The summed E-state index contributed by atoms with van der Waals surface area (Å²) >= 11 is 0. The van der Waals surface area contributed by atoms with Crippen molar-refractivity contribution in [3.63, 3.8) is 0 Å². The van der Waals surface area contributed by atoms with Crippen LogP contribution in [0.25, 0.3) is 0 Å². The topological polar surface area (TPSA) is 55.1 Å². The molecule has 19 heavy (non-hydrogen) atoms. The fraction of sp³-hybridized carbons (Fsp3) is 0.417. The van der Waals surface area contributed by atoms with Crippen molar-refractivity contribution in [1.29, 1.82) is 0 Å². The van der Waals surface area contributed by atoms with E-state index in [0.717, 1.165) is 6.42 Å². The Bertz CT molecular complexity index is 509. The van der Waals surface area contributed by atoms with Crippen LogP contribution in [0.3, 0.4) is 0 Å². The maximum atomic E-state index is 13.4. The quantitative estimate of drug-likeness (QED) is 0.816. The molecule has 1 aliphatic carbocycles. The monoisotopic (exact) mass is 276 g/mol. The number of nitrogens with two attached hydrogens (primary N) is 1. The third kappa shape index (κ3) is 2.70. The van der Waals surface area contributed by atoms with Gasteiger partial charge in [-0.3, -0.25) is 4.79 Å². The van der Waals surface area contributed by atoms with Gasteiger partial charge in [0.05, 0.1) is 16.8 Å². The molecule has 0 aromatic heterocycles. The molecule has 3 nitrogen and oxygen atoms in total. The molecule has 104 valence electrons. The molecule has 1 fully saturated rings. The molecule has 1 amide bonds. The van der Waals surface area contributed by atoms with E-state index in [1.807, 2.05) is 0 Å². The molecule has 1 aromatic carbocycles. The van der Waals surface area contributed by atoms with Gasteiger partial charge in [-0.15, -0.1) is 0 Å². The molecule has 3 N–H and O–H groups in total. The third-order valence-electron chi connectivity index (χ3n) is 3.24. The smallest absolute Gasteiger partial charge is 0.322 e. The second kappa shape index (κ2) is 4.48. The first-order valence-corrected chi connectivity index (χ1v) is 5.69. The minimum absolute atomic E-state index is 0.444. The number of anilines is 1. The zero-order valence-electron chi connectivity index (χ0n) is 9.85.